The first-order valence-electron chi connectivity index (χ1n) is 4.83. The van der Waals surface area contributed by atoms with Gasteiger partial charge in [-0.15, -0.1) is 6.42 Å². The van der Waals surface area contributed by atoms with Gasteiger partial charge in [0, 0.05) is 0 Å². The van der Waals surface area contributed by atoms with Gasteiger partial charge < -0.3 is 9.52 Å². The summed E-state index contributed by atoms with van der Waals surface area (Å²) in [4.78, 5) is 16.3. The highest BCUT2D eigenvalue weighted by Crippen LogP contribution is 2.10. The molecule has 0 radical (unpaired) electrons. The van der Waals surface area contributed by atoms with Gasteiger partial charge in [-0.1, -0.05) is 5.92 Å². The fraction of sp³-hybridized carbons (Fsp3) is 0.455. The fourth-order valence-electron chi connectivity index (χ4n) is 1.29. The Morgan fingerprint density at radius 2 is 2.31 bits per heavy atom. The van der Waals surface area contributed by atoms with E-state index in [1.807, 2.05) is 13.8 Å². The van der Waals surface area contributed by atoms with Crippen molar-refractivity contribution in [2.75, 3.05) is 13.1 Å². The summed E-state index contributed by atoms with van der Waals surface area (Å²) in [6.45, 7) is 4.10. The summed E-state index contributed by atoms with van der Waals surface area (Å²) in [5, 5.41) is 8.69. The van der Waals surface area contributed by atoms with E-state index in [4.69, 9.17) is 15.9 Å². The Hall–Kier alpha value is -1.80. The first-order chi connectivity index (χ1) is 7.52. The zero-order chi connectivity index (χ0) is 12.1. The van der Waals surface area contributed by atoms with Gasteiger partial charge >= 0.3 is 5.97 Å². The van der Waals surface area contributed by atoms with E-state index in [9.17, 15) is 4.79 Å². The van der Waals surface area contributed by atoms with E-state index in [2.05, 4.69) is 10.9 Å². The van der Waals surface area contributed by atoms with Crippen LogP contribution in [0.5, 0.6) is 0 Å². The van der Waals surface area contributed by atoms with Crippen LogP contribution in [0.2, 0.25) is 0 Å². The van der Waals surface area contributed by atoms with Crippen LogP contribution in [0, 0.1) is 26.2 Å². The van der Waals surface area contributed by atoms with Crippen molar-refractivity contribution in [3.8, 4) is 12.3 Å². The summed E-state index contributed by atoms with van der Waals surface area (Å²) >= 11 is 0. The fourth-order valence-corrected chi connectivity index (χ4v) is 1.29. The van der Waals surface area contributed by atoms with Gasteiger partial charge in [0.15, 0.2) is 0 Å². The third-order valence-corrected chi connectivity index (χ3v) is 2.11. The lowest BCUT2D eigenvalue weighted by atomic mass is 10.4. The molecular weight excluding hydrogens is 208 g/mol. The van der Waals surface area contributed by atoms with Crippen LogP contribution in [0.1, 0.15) is 17.3 Å². The second-order valence-electron chi connectivity index (χ2n) is 3.49. The molecule has 0 saturated carbocycles. The minimum atomic E-state index is -0.921. The average molecular weight is 222 g/mol. The number of aromatic nitrogens is 1. The molecule has 0 amide bonds. The topological polar surface area (TPSA) is 66.6 Å². The van der Waals surface area contributed by atoms with E-state index < -0.39 is 5.97 Å². The molecule has 0 aliphatic carbocycles. The molecule has 5 nitrogen and oxygen atoms in total. The van der Waals surface area contributed by atoms with Gasteiger partial charge in [-0.25, -0.2) is 4.98 Å². The molecule has 0 spiro atoms. The first kappa shape index (κ1) is 12.3. The Bertz CT molecular complexity index is 398. The van der Waals surface area contributed by atoms with Crippen molar-refractivity contribution in [2.45, 2.75) is 20.4 Å². The number of hydrogen-bond donors (Lipinski definition) is 1. The number of rotatable bonds is 5. The average Bonchev–Trinajstić information content (AvgIpc) is 2.45. The Balaban J connectivity index is 2.68. The highest BCUT2D eigenvalue weighted by molar-refractivity contribution is 5.69. The van der Waals surface area contributed by atoms with E-state index >= 15 is 0 Å². The monoisotopic (exact) mass is 222 g/mol. The number of carboxylic acid groups (broad SMARTS) is 1. The third-order valence-electron chi connectivity index (χ3n) is 2.11. The molecule has 0 bridgehead atoms. The summed E-state index contributed by atoms with van der Waals surface area (Å²) in [7, 11) is 0. The number of nitrogens with zero attached hydrogens (tertiary/aromatic N) is 2. The Morgan fingerprint density at radius 1 is 1.62 bits per heavy atom. The lowest BCUT2D eigenvalue weighted by molar-refractivity contribution is -0.138. The normalized spacial score (nSPS) is 10.4. The largest absolute Gasteiger partial charge is 0.480 e. The molecule has 5 heteroatoms. The third kappa shape index (κ3) is 3.41. The molecule has 0 unspecified atom stereocenters. The van der Waals surface area contributed by atoms with Gasteiger partial charge in [0.05, 0.1) is 25.3 Å². The highest BCUT2D eigenvalue weighted by atomic mass is 16.4. The standard InChI is InChI=1S/C11H14N2O3/c1-4-5-13(7-11(14)15)6-10-12-8(2)9(3)16-10/h1H,5-7H2,2-3H3,(H,14,15). The number of terminal acetylenes is 1. The number of aryl methyl sites for hydroxylation is 2. The summed E-state index contributed by atoms with van der Waals surface area (Å²) in [6, 6.07) is 0. The Kier molecular flexibility index (Phi) is 4.09. The molecule has 0 fully saturated rings. The van der Waals surface area contributed by atoms with Gasteiger partial charge in [0.25, 0.3) is 0 Å². The van der Waals surface area contributed by atoms with Crippen molar-refractivity contribution < 1.29 is 14.3 Å². The van der Waals surface area contributed by atoms with Crippen LogP contribution in [0.4, 0.5) is 0 Å². The van der Waals surface area contributed by atoms with E-state index in [0.717, 1.165) is 11.5 Å². The molecule has 1 aromatic rings. The van der Waals surface area contributed by atoms with Crippen molar-refractivity contribution in [1.82, 2.24) is 9.88 Å². The van der Waals surface area contributed by atoms with E-state index in [-0.39, 0.29) is 13.1 Å². The van der Waals surface area contributed by atoms with Crippen molar-refractivity contribution in [1.29, 1.82) is 0 Å². The van der Waals surface area contributed by atoms with E-state index in [1.165, 1.54) is 0 Å². The van der Waals surface area contributed by atoms with E-state index in [0.29, 0.717) is 12.4 Å². The van der Waals surface area contributed by atoms with Crippen LogP contribution in [0.25, 0.3) is 0 Å². The quantitative estimate of drug-likeness (QED) is 0.747. The predicted octanol–water partition coefficient (Wildman–Crippen LogP) is 0.811. The number of carboxylic acids is 1. The predicted molar refractivity (Wildman–Crippen MR) is 57.7 cm³/mol. The number of hydrogen-bond acceptors (Lipinski definition) is 4. The summed E-state index contributed by atoms with van der Waals surface area (Å²) < 4.78 is 5.36. The molecule has 1 heterocycles. The van der Waals surface area contributed by atoms with Crippen LogP contribution in [-0.2, 0) is 11.3 Å². The zero-order valence-electron chi connectivity index (χ0n) is 9.36. The second kappa shape index (κ2) is 5.33. The maximum absolute atomic E-state index is 10.6. The van der Waals surface area contributed by atoms with Crippen molar-refractivity contribution in [2.24, 2.45) is 0 Å². The summed E-state index contributed by atoms with van der Waals surface area (Å²) in [5.41, 5.74) is 0.811. The van der Waals surface area contributed by atoms with Gasteiger partial charge in [0.2, 0.25) is 5.89 Å². The van der Waals surface area contributed by atoms with Gasteiger partial charge in [-0.05, 0) is 13.8 Å². The van der Waals surface area contributed by atoms with Crippen LogP contribution < -0.4 is 0 Å². The van der Waals surface area contributed by atoms with Crippen molar-refractivity contribution in [3.63, 3.8) is 0 Å². The molecule has 0 aliphatic heterocycles. The number of aliphatic carboxylic acids is 1. The van der Waals surface area contributed by atoms with Gasteiger partial charge in [-0.2, -0.15) is 0 Å². The van der Waals surface area contributed by atoms with Crippen LogP contribution in [0.15, 0.2) is 4.42 Å². The lowest BCUT2D eigenvalue weighted by Gasteiger charge is -2.14. The first-order valence-corrected chi connectivity index (χ1v) is 4.83. The highest BCUT2D eigenvalue weighted by Gasteiger charge is 2.13. The summed E-state index contributed by atoms with van der Waals surface area (Å²) in [5.74, 6) is 2.72. The molecule has 0 aliphatic rings. The Labute approximate surface area is 94.1 Å². The maximum atomic E-state index is 10.6. The lowest BCUT2D eigenvalue weighted by Crippen LogP contribution is -2.29. The number of carbonyl (C=O) groups is 1. The molecule has 1 rings (SSSR count). The molecule has 0 aromatic carbocycles. The Morgan fingerprint density at radius 3 is 2.75 bits per heavy atom. The summed E-state index contributed by atoms with van der Waals surface area (Å²) in [6.07, 6.45) is 5.16. The number of oxazole rings is 1. The van der Waals surface area contributed by atoms with E-state index in [1.54, 1.807) is 4.90 Å². The molecule has 1 aromatic heterocycles. The van der Waals surface area contributed by atoms with Crippen molar-refractivity contribution >= 4 is 5.97 Å². The molecule has 0 saturated heterocycles. The van der Waals surface area contributed by atoms with Crippen LogP contribution in [0.3, 0.4) is 0 Å². The molecule has 1 N–H and O–H groups in total. The SMILES string of the molecule is C#CCN(CC(=O)O)Cc1nc(C)c(C)o1. The second-order valence-corrected chi connectivity index (χ2v) is 3.49. The minimum Gasteiger partial charge on any atom is -0.480 e. The molecule has 0 atom stereocenters. The minimum absolute atomic E-state index is 0.120. The van der Waals surface area contributed by atoms with Gasteiger partial charge in [-0.3, -0.25) is 9.69 Å². The molecular formula is C11H14N2O3. The smallest absolute Gasteiger partial charge is 0.317 e. The molecule has 16 heavy (non-hydrogen) atoms. The zero-order valence-corrected chi connectivity index (χ0v) is 9.36. The molecule has 86 valence electrons. The van der Waals surface area contributed by atoms with Crippen LogP contribution >= 0.6 is 0 Å². The maximum Gasteiger partial charge on any atom is 0.317 e. The van der Waals surface area contributed by atoms with Crippen molar-refractivity contribution in [3.05, 3.63) is 17.3 Å². The van der Waals surface area contributed by atoms with Crippen LogP contribution in [-0.4, -0.2) is 34.0 Å². The van der Waals surface area contributed by atoms with Gasteiger partial charge in [0.1, 0.15) is 5.76 Å².